The van der Waals surface area contributed by atoms with E-state index in [0.717, 1.165) is 10.9 Å². The molecule has 1 aromatic heterocycles. The molecule has 3 rings (SSSR count). The minimum absolute atomic E-state index is 0.00338. The normalized spacial score (nSPS) is 10.8. The molecule has 94 valence electrons. The molecule has 3 nitrogen and oxygen atoms in total. The molecular weight excluding hydrogens is 260 g/mol. The van der Waals surface area contributed by atoms with Crippen molar-refractivity contribution < 1.29 is 4.79 Å². The van der Waals surface area contributed by atoms with Gasteiger partial charge in [0.1, 0.15) is 6.54 Å². The lowest BCUT2D eigenvalue weighted by Gasteiger charge is -2.03. The Morgan fingerprint density at radius 2 is 2.00 bits per heavy atom. The summed E-state index contributed by atoms with van der Waals surface area (Å²) >= 11 is 5.89. The number of halogens is 1. The van der Waals surface area contributed by atoms with E-state index < -0.39 is 0 Å². The number of para-hydroxylation sites is 1. The van der Waals surface area contributed by atoms with Gasteiger partial charge >= 0.3 is 0 Å². The summed E-state index contributed by atoms with van der Waals surface area (Å²) < 4.78 is 1.71. The van der Waals surface area contributed by atoms with Crippen LogP contribution in [-0.2, 0) is 6.54 Å². The van der Waals surface area contributed by atoms with Crippen LogP contribution in [0.25, 0.3) is 10.9 Å². The highest BCUT2D eigenvalue weighted by Crippen LogP contribution is 2.15. The van der Waals surface area contributed by atoms with Gasteiger partial charge in [0.2, 0.25) is 0 Å². The molecule has 0 amide bonds. The van der Waals surface area contributed by atoms with Crippen LogP contribution in [0.3, 0.4) is 0 Å². The first-order valence-corrected chi connectivity index (χ1v) is 6.31. The van der Waals surface area contributed by atoms with Crippen molar-refractivity contribution in [2.45, 2.75) is 6.54 Å². The van der Waals surface area contributed by atoms with Gasteiger partial charge in [0.25, 0.3) is 0 Å². The number of nitrogens with zero attached hydrogens (tertiary/aromatic N) is 2. The molecule has 3 aromatic rings. The van der Waals surface area contributed by atoms with Crippen LogP contribution in [-0.4, -0.2) is 15.6 Å². The van der Waals surface area contributed by atoms with E-state index in [0.29, 0.717) is 10.6 Å². The second kappa shape index (κ2) is 4.86. The number of Topliss-reactive ketones (excluding diaryl/α,β-unsaturated/α-hetero) is 1. The van der Waals surface area contributed by atoms with Crippen molar-refractivity contribution in [2.24, 2.45) is 0 Å². The summed E-state index contributed by atoms with van der Waals surface area (Å²) in [5, 5.41) is 5.84. The number of ketones is 1. The Labute approximate surface area is 115 Å². The SMILES string of the molecule is O=C(Cn1ncc2ccccc21)c1cccc(Cl)c1. The summed E-state index contributed by atoms with van der Waals surface area (Å²) in [6, 6.07) is 14.8. The fraction of sp³-hybridized carbons (Fsp3) is 0.0667. The molecule has 0 spiro atoms. The van der Waals surface area contributed by atoms with Crippen LogP contribution >= 0.6 is 11.6 Å². The molecule has 0 N–H and O–H groups in total. The third kappa shape index (κ3) is 2.37. The lowest BCUT2D eigenvalue weighted by atomic mass is 10.1. The van der Waals surface area contributed by atoms with Crippen molar-refractivity contribution in [1.29, 1.82) is 0 Å². The second-order valence-electron chi connectivity index (χ2n) is 4.29. The van der Waals surface area contributed by atoms with E-state index in [-0.39, 0.29) is 12.3 Å². The zero-order valence-electron chi connectivity index (χ0n) is 10.1. The quantitative estimate of drug-likeness (QED) is 0.682. The molecular formula is C15H11ClN2O. The van der Waals surface area contributed by atoms with Gasteiger partial charge in [-0.2, -0.15) is 5.10 Å². The maximum Gasteiger partial charge on any atom is 0.184 e. The molecule has 4 heteroatoms. The Hall–Kier alpha value is -2.13. The van der Waals surface area contributed by atoms with E-state index >= 15 is 0 Å². The molecule has 0 atom stereocenters. The molecule has 0 saturated heterocycles. The fourth-order valence-corrected chi connectivity index (χ4v) is 2.23. The highest BCUT2D eigenvalue weighted by Gasteiger charge is 2.09. The lowest BCUT2D eigenvalue weighted by molar-refractivity contribution is 0.0969. The van der Waals surface area contributed by atoms with E-state index in [1.165, 1.54) is 0 Å². The number of carbonyl (C=O) groups excluding carboxylic acids is 1. The van der Waals surface area contributed by atoms with E-state index in [4.69, 9.17) is 11.6 Å². The number of hydrogen-bond acceptors (Lipinski definition) is 2. The molecule has 1 heterocycles. The number of rotatable bonds is 3. The van der Waals surface area contributed by atoms with Gasteiger partial charge in [-0.1, -0.05) is 41.9 Å². The van der Waals surface area contributed by atoms with Crippen molar-refractivity contribution in [3.8, 4) is 0 Å². The third-order valence-electron chi connectivity index (χ3n) is 2.99. The van der Waals surface area contributed by atoms with Crippen LogP contribution in [0.5, 0.6) is 0 Å². The summed E-state index contributed by atoms with van der Waals surface area (Å²) in [7, 11) is 0. The van der Waals surface area contributed by atoms with E-state index in [2.05, 4.69) is 5.10 Å². The van der Waals surface area contributed by atoms with Gasteiger partial charge in [-0.3, -0.25) is 9.48 Å². The first-order chi connectivity index (χ1) is 9.24. The fourth-order valence-electron chi connectivity index (χ4n) is 2.04. The average Bonchev–Trinajstić information content (AvgIpc) is 2.82. The second-order valence-corrected chi connectivity index (χ2v) is 4.73. The highest BCUT2D eigenvalue weighted by molar-refractivity contribution is 6.31. The maximum absolute atomic E-state index is 12.2. The van der Waals surface area contributed by atoms with Gasteiger partial charge in [-0.25, -0.2) is 0 Å². The van der Waals surface area contributed by atoms with Gasteiger partial charge in [0, 0.05) is 16.0 Å². The first kappa shape index (κ1) is 11.9. The first-order valence-electron chi connectivity index (χ1n) is 5.93. The van der Waals surface area contributed by atoms with Crippen LogP contribution in [0.15, 0.2) is 54.7 Å². The lowest BCUT2D eigenvalue weighted by Crippen LogP contribution is -2.11. The third-order valence-corrected chi connectivity index (χ3v) is 3.23. The number of fused-ring (bicyclic) bond motifs is 1. The van der Waals surface area contributed by atoms with Crippen LogP contribution in [0, 0.1) is 0 Å². The van der Waals surface area contributed by atoms with Crippen LogP contribution in [0.2, 0.25) is 5.02 Å². The molecule has 0 aliphatic heterocycles. The smallest absolute Gasteiger partial charge is 0.184 e. The Balaban J connectivity index is 1.91. The largest absolute Gasteiger partial charge is 0.292 e. The van der Waals surface area contributed by atoms with Crippen molar-refractivity contribution in [3.63, 3.8) is 0 Å². The minimum atomic E-state index is -0.00338. The van der Waals surface area contributed by atoms with Crippen molar-refractivity contribution in [2.75, 3.05) is 0 Å². The summed E-state index contributed by atoms with van der Waals surface area (Å²) in [5.74, 6) is -0.00338. The van der Waals surface area contributed by atoms with Crippen LogP contribution in [0.1, 0.15) is 10.4 Å². The molecule has 2 aromatic carbocycles. The number of benzene rings is 2. The van der Waals surface area contributed by atoms with Crippen molar-refractivity contribution in [1.82, 2.24) is 9.78 Å². The zero-order valence-corrected chi connectivity index (χ0v) is 10.8. The van der Waals surface area contributed by atoms with Gasteiger partial charge in [-0.05, 0) is 18.2 Å². The molecule has 0 saturated carbocycles. The van der Waals surface area contributed by atoms with Gasteiger partial charge in [-0.15, -0.1) is 0 Å². The summed E-state index contributed by atoms with van der Waals surface area (Å²) in [4.78, 5) is 12.2. The average molecular weight is 271 g/mol. The van der Waals surface area contributed by atoms with E-state index in [1.807, 2.05) is 24.3 Å². The monoisotopic (exact) mass is 270 g/mol. The maximum atomic E-state index is 12.2. The molecule has 0 bridgehead atoms. The Kier molecular flexibility index (Phi) is 3.05. The Morgan fingerprint density at radius 3 is 2.84 bits per heavy atom. The number of aromatic nitrogens is 2. The van der Waals surface area contributed by atoms with Crippen LogP contribution < -0.4 is 0 Å². The van der Waals surface area contributed by atoms with Crippen LogP contribution in [0.4, 0.5) is 0 Å². The Morgan fingerprint density at radius 1 is 1.16 bits per heavy atom. The number of carbonyl (C=O) groups is 1. The molecule has 0 aliphatic rings. The predicted molar refractivity (Wildman–Crippen MR) is 75.5 cm³/mol. The number of hydrogen-bond donors (Lipinski definition) is 0. The molecule has 19 heavy (non-hydrogen) atoms. The summed E-state index contributed by atoms with van der Waals surface area (Å²) in [5.41, 5.74) is 1.56. The van der Waals surface area contributed by atoms with Gasteiger partial charge < -0.3 is 0 Å². The molecule has 0 radical (unpaired) electrons. The van der Waals surface area contributed by atoms with E-state index in [1.54, 1.807) is 35.1 Å². The van der Waals surface area contributed by atoms with Crippen molar-refractivity contribution in [3.05, 3.63) is 65.3 Å². The predicted octanol–water partition coefficient (Wildman–Crippen LogP) is 3.57. The van der Waals surface area contributed by atoms with Crippen molar-refractivity contribution >= 4 is 28.3 Å². The molecule has 0 fully saturated rings. The summed E-state index contributed by atoms with van der Waals surface area (Å²) in [6.45, 7) is 0.216. The molecule has 0 unspecified atom stereocenters. The van der Waals surface area contributed by atoms with Gasteiger partial charge in [0.05, 0.1) is 11.7 Å². The van der Waals surface area contributed by atoms with E-state index in [9.17, 15) is 4.79 Å². The Bertz CT molecular complexity index is 748. The zero-order chi connectivity index (χ0) is 13.2. The highest BCUT2D eigenvalue weighted by atomic mass is 35.5. The van der Waals surface area contributed by atoms with Gasteiger partial charge in [0.15, 0.2) is 5.78 Å². The summed E-state index contributed by atoms with van der Waals surface area (Å²) in [6.07, 6.45) is 1.76. The molecule has 0 aliphatic carbocycles. The minimum Gasteiger partial charge on any atom is -0.292 e. The topological polar surface area (TPSA) is 34.9 Å². The standard InChI is InChI=1S/C15H11ClN2O/c16-13-6-3-5-11(8-13)15(19)10-18-14-7-2-1-4-12(14)9-17-18/h1-9H,10H2.